The van der Waals surface area contributed by atoms with Gasteiger partial charge >= 0.3 is 0 Å². The molecule has 0 saturated heterocycles. The van der Waals surface area contributed by atoms with Gasteiger partial charge in [-0.25, -0.2) is 0 Å². The number of aromatic nitrogens is 1. The lowest BCUT2D eigenvalue weighted by Crippen LogP contribution is -2.38. The zero-order valence-corrected chi connectivity index (χ0v) is 26.9. The zero-order chi connectivity index (χ0) is 32.8. The minimum Gasteiger partial charge on any atom is -0.494 e. The van der Waals surface area contributed by atoms with E-state index in [9.17, 15) is 9.59 Å². The highest BCUT2D eigenvalue weighted by Gasteiger charge is 2.30. The average molecular weight is 642 g/mol. The number of hydrogen-bond donors (Lipinski definition) is 5. The van der Waals surface area contributed by atoms with Gasteiger partial charge < -0.3 is 41.8 Å². The molecule has 1 unspecified atom stereocenters. The third kappa shape index (κ3) is 7.64. The van der Waals surface area contributed by atoms with Crippen molar-refractivity contribution in [1.82, 2.24) is 20.5 Å². The second-order valence-corrected chi connectivity index (χ2v) is 11.7. The number of para-hydroxylation sites is 1. The molecule has 7 N–H and O–H groups in total. The van der Waals surface area contributed by atoms with Crippen molar-refractivity contribution in [2.24, 2.45) is 17.4 Å². The van der Waals surface area contributed by atoms with Crippen LogP contribution in [0, 0.1) is 5.92 Å². The number of pyridine rings is 1. The van der Waals surface area contributed by atoms with E-state index < -0.39 is 5.91 Å². The number of nitrogens with zero attached hydrogens (tertiary/aromatic N) is 2. The Balaban J connectivity index is 1.33. The molecule has 2 aromatic carbocycles. The van der Waals surface area contributed by atoms with Gasteiger partial charge in [-0.3, -0.25) is 14.6 Å². The van der Waals surface area contributed by atoms with Gasteiger partial charge in [0.2, 0.25) is 5.91 Å². The van der Waals surface area contributed by atoms with Crippen LogP contribution in [0.4, 0.5) is 5.69 Å². The summed E-state index contributed by atoms with van der Waals surface area (Å²) in [5, 5.41) is 8.33. The minimum atomic E-state index is -0.518. The van der Waals surface area contributed by atoms with Gasteiger partial charge in [-0.05, 0) is 36.1 Å². The Hall–Kier alpha value is -4.94. The van der Waals surface area contributed by atoms with E-state index in [0.29, 0.717) is 35.3 Å². The Morgan fingerprint density at radius 1 is 1.11 bits per heavy atom. The third-order valence-electron chi connectivity index (χ3n) is 7.92. The van der Waals surface area contributed by atoms with E-state index >= 15 is 0 Å². The van der Waals surface area contributed by atoms with Gasteiger partial charge in [0, 0.05) is 56.4 Å². The summed E-state index contributed by atoms with van der Waals surface area (Å²) in [6, 6.07) is 17.7. The van der Waals surface area contributed by atoms with E-state index in [2.05, 4.69) is 39.1 Å². The molecule has 1 atom stereocenters. The van der Waals surface area contributed by atoms with Crippen LogP contribution in [0.3, 0.4) is 0 Å². The molecule has 0 bridgehead atoms. The number of anilines is 1. The number of nitrogens with one attached hydrogen (secondary N) is 3. The fourth-order valence-corrected chi connectivity index (χ4v) is 5.43. The molecule has 2 amide bonds. The Morgan fingerprint density at radius 3 is 2.54 bits per heavy atom. The maximum absolute atomic E-state index is 12.5. The van der Waals surface area contributed by atoms with Crippen LogP contribution in [-0.4, -0.2) is 60.5 Å². The topological polar surface area (TPSA) is 157 Å². The Labute approximate surface area is 274 Å². The normalized spacial score (nSPS) is 16.4. The lowest BCUT2D eigenvalue weighted by Gasteiger charge is -2.30. The molecular formula is C34H39N7O4S. The first kappa shape index (κ1) is 32.5. The first-order chi connectivity index (χ1) is 22.2. The molecule has 1 aromatic heterocycles. The van der Waals surface area contributed by atoms with Crippen molar-refractivity contribution < 1.29 is 19.1 Å². The smallest absolute Gasteiger partial charge is 0.269 e. The molecular weight excluding hydrogens is 602 g/mol. The predicted octanol–water partition coefficient (Wildman–Crippen LogP) is 3.16. The van der Waals surface area contributed by atoms with E-state index in [-0.39, 0.29) is 35.1 Å². The van der Waals surface area contributed by atoms with Gasteiger partial charge in [-0.15, -0.1) is 0 Å². The maximum Gasteiger partial charge on any atom is 0.269 e. The largest absolute Gasteiger partial charge is 0.494 e. The number of carbonyl (C=O) groups is 2. The summed E-state index contributed by atoms with van der Waals surface area (Å²) in [5.41, 5.74) is 17.6. The average Bonchev–Trinajstić information content (AvgIpc) is 3.93. The molecule has 0 radical (unpaired) electrons. The SMILES string of the molecule is CNC(=O)/C(N)=C(/C=C(\N)NC(=O)C1CC1)Nc1cccc(-c2ccc(C(=S)N(C)CC3Cc4ccccc4CO3)nc2)c1OC. The number of methoxy groups -OCH3 is 1. The summed E-state index contributed by atoms with van der Waals surface area (Å²) in [6.07, 6.45) is 5.69. The number of benzene rings is 2. The molecule has 1 saturated carbocycles. The number of ether oxygens (including phenoxy) is 2. The summed E-state index contributed by atoms with van der Waals surface area (Å²) in [5.74, 6) is -0.180. The van der Waals surface area contributed by atoms with Gasteiger partial charge in [-0.1, -0.05) is 54.7 Å². The molecule has 1 fully saturated rings. The molecule has 2 heterocycles. The number of rotatable bonds is 11. The number of carbonyl (C=O) groups excluding carboxylic acids is 2. The monoisotopic (exact) mass is 641 g/mol. The molecule has 240 valence electrons. The highest BCUT2D eigenvalue weighted by Crippen LogP contribution is 2.37. The number of nitrogens with two attached hydrogens (primary N) is 2. The van der Waals surface area contributed by atoms with Gasteiger partial charge in [0.05, 0.1) is 36.9 Å². The van der Waals surface area contributed by atoms with Crippen LogP contribution in [-0.2, 0) is 27.4 Å². The van der Waals surface area contributed by atoms with Crippen molar-refractivity contribution in [3.63, 3.8) is 0 Å². The van der Waals surface area contributed by atoms with Crippen LogP contribution in [0.15, 0.2) is 84.1 Å². The van der Waals surface area contributed by atoms with Crippen LogP contribution < -0.4 is 32.2 Å². The standard InChI is InChI=1S/C34H39N7O4S/c1-37-33(43)30(36)28(16-29(35)40-32(42)20-11-12-20)39-26-10-6-9-25(31(26)44-3)22-13-14-27(38-17-22)34(46)41(2)18-24-15-21-7-4-5-8-23(21)19-45-24/h4-10,13-14,16-17,20,24,39H,11-12,15,18-19,35-36H2,1-3H3,(H,37,43)(H,40,42)/b29-16+,30-28+. The quantitative estimate of drug-likeness (QED) is 0.120. The number of likely N-dealkylation sites (N-methyl/N-ethyl adjacent to an activating group) is 2. The van der Waals surface area contributed by atoms with E-state index in [1.807, 2.05) is 42.3 Å². The Bertz CT molecular complexity index is 1680. The molecule has 0 spiro atoms. The number of hydrogen-bond acceptors (Lipinski definition) is 9. The highest BCUT2D eigenvalue weighted by molar-refractivity contribution is 7.80. The summed E-state index contributed by atoms with van der Waals surface area (Å²) in [7, 11) is 4.97. The van der Waals surface area contributed by atoms with E-state index in [0.717, 1.165) is 30.4 Å². The van der Waals surface area contributed by atoms with Crippen LogP contribution >= 0.6 is 12.2 Å². The van der Waals surface area contributed by atoms with Crippen molar-refractivity contribution >= 4 is 34.7 Å². The lowest BCUT2D eigenvalue weighted by molar-refractivity contribution is -0.121. The van der Waals surface area contributed by atoms with Crippen molar-refractivity contribution in [2.45, 2.75) is 32.0 Å². The van der Waals surface area contributed by atoms with Crippen molar-refractivity contribution in [3.05, 3.63) is 101 Å². The van der Waals surface area contributed by atoms with Crippen LogP contribution in [0.2, 0.25) is 0 Å². The second kappa shape index (κ2) is 14.4. The molecule has 46 heavy (non-hydrogen) atoms. The summed E-state index contributed by atoms with van der Waals surface area (Å²) >= 11 is 5.78. The molecule has 12 heteroatoms. The van der Waals surface area contributed by atoms with E-state index in [1.165, 1.54) is 24.3 Å². The summed E-state index contributed by atoms with van der Waals surface area (Å²) in [4.78, 5) is 32.0. The third-order valence-corrected chi connectivity index (χ3v) is 8.44. The van der Waals surface area contributed by atoms with Gasteiger partial charge in [0.1, 0.15) is 22.3 Å². The summed E-state index contributed by atoms with van der Waals surface area (Å²) in [6.45, 7) is 1.25. The molecule has 1 aliphatic carbocycles. The number of amides is 2. The van der Waals surface area contributed by atoms with Crippen LogP contribution in [0.25, 0.3) is 11.1 Å². The predicted molar refractivity (Wildman–Crippen MR) is 181 cm³/mol. The first-order valence-corrected chi connectivity index (χ1v) is 15.4. The van der Waals surface area contributed by atoms with Gasteiger partial charge in [-0.2, -0.15) is 0 Å². The number of fused-ring (bicyclic) bond motifs is 1. The van der Waals surface area contributed by atoms with Gasteiger partial charge in [0.15, 0.2) is 0 Å². The van der Waals surface area contributed by atoms with E-state index in [1.54, 1.807) is 19.4 Å². The molecule has 5 rings (SSSR count). The van der Waals surface area contributed by atoms with Crippen molar-refractivity contribution in [3.8, 4) is 16.9 Å². The fraction of sp³-hybridized carbons (Fsp3) is 0.294. The van der Waals surface area contributed by atoms with Crippen molar-refractivity contribution in [2.75, 3.05) is 33.1 Å². The molecule has 3 aromatic rings. The van der Waals surface area contributed by atoms with Gasteiger partial charge in [0.25, 0.3) is 5.91 Å². The maximum atomic E-state index is 12.5. The number of allylic oxidation sites excluding steroid dienone is 1. The Morgan fingerprint density at radius 2 is 1.87 bits per heavy atom. The minimum absolute atomic E-state index is 0.0349. The molecule has 2 aliphatic rings. The lowest BCUT2D eigenvalue weighted by atomic mass is 9.99. The first-order valence-electron chi connectivity index (χ1n) is 15.0. The second-order valence-electron chi connectivity index (χ2n) is 11.3. The van der Waals surface area contributed by atoms with Crippen molar-refractivity contribution in [1.29, 1.82) is 0 Å². The summed E-state index contributed by atoms with van der Waals surface area (Å²) < 4.78 is 11.9. The molecule has 1 aliphatic heterocycles. The number of thiocarbonyl (C=S) groups is 1. The fourth-order valence-electron chi connectivity index (χ4n) is 5.24. The van der Waals surface area contributed by atoms with E-state index in [4.69, 9.17) is 33.2 Å². The van der Waals surface area contributed by atoms with Crippen LogP contribution in [0.5, 0.6) is 5.75 Å². The highest BCUT2D eigenvalue weighted by atomic mass is 32.1. The zero-order valence-electron chi connectivity index (χ0n) is 26.1. The molecule has 11 nitrogen and oxygen atoms in total. The van der Waals surface area contributed by atoms with Crippen LogP contribution in [0.1, 0.15) is 29.7 Å². The Kier molecular flexibility index (Phi) is 10.2.